The van der Waals surface area contributed by atoms with Gasteiger partial charge in [-0.25, -0.2) is 9.78 Å². The second-order valence-electron chi connectivity index (χ2n) is 5.88. The molecule has 4 rings (SSSR count). The predicted molar refractivity (Wildman–Crippen MR) is 117 cm³/mol. The molecule has 0 bridgehead atoms. The van der Waals surface area contributed by atoms with Crippen LogP contribution in [0.15, 0.2) is 30.5 Å². The summed E-state index contributed by atoms with van der Waals surface area (Å²) in [6.07, 6.45) is 1.67. The maximum Gasteiger partial charge on any atom is 0.355 e. The topological polar surface area (TPSA) is 122 Å². The number of pyridine rings is 1. The lowest BCUT2D eigenvalue weighted by atomic mass is 10.3. The van der Waals surface area contributed by atoms with Crippen LogP contribution in [-0.2, 0) is 15.5 Å². The number of nitrogens with two attached hydrogens (primary N) is 1. The summed E-state index contributed by atoms with van der Waals surface area (Å²) in [7, 11) is 1.22. The summed E-state index contributed by atoms with van der Waals surface area (Å²) in [6, 6.07) is 7.17. The molecular formula is C17H16IN7O3S. The molecule has 0 aliphatic heterocycles. The van der Waals surface area contributed by atoms with Crippen LogP contribution in [0.3, 0.4) is 0 Å². The van der Waals surface area contributed by atoms with Crippen LogP contribution >= 0.6 is 30.4 Å². The van der Waals surface area contributed by atoms with Gasteiger partial charge in [0.1, 0.15) is 17.0 Å². The first-order valence-electron chi connectivity index (χ1n) is 8.68. The lowest BCUT2D eigenvalue weighted by Gasteiger charge is -2.09. The Morgan fingerprint density at radius 2 is 2.17 bits per heavy atom. The van der Waals surface area contributed by atoms with Crippen molar-refractivity contribution in [1.29, 1.82) is 0 Å². The first-order chi connectivity index (χ1) is 14.1. The molecule has 0 amide bonds. The van der Waals surface area contributed by atoms with Crippen LogP contribution in [0.2, 0.25) is 0 Å². The number of fused-ring (bicyclic) bond motifs is 3. The van der Waals surface area contributed by atoms with E-state index in [1.165, 1.54) is 13.7 Å². The third-order valence-electron chi connectivity index (χ3n) is 4.18. The van der Waals surface area contributed by atoms with E-state index in [1.807, 2.05) is 39.4 Å². The van der Waals surface area contributed by atoms with Crippen molar-refractivity contribution in [2.75, 3.05) is 18.9 Å². The van der Waals surface area contributed by atoms with E-state index in [-0.39, 0.29) is 12.6 Å². The summed E-state index contributed by atoms with van der Waals surface area (Å²) < 4.78 is 13.7. The van der Waals surface area contributed by atoms with Gasteiger partial charge in [-0.2, -0.15) is 9.50 Å². The van der Waals surface area contributed by atoms with Crippen LogP contribution < -0.4 is 5.73 Å². The number of halogens is 1. The van der Waals surface area contributed by atoms with Crippen LogP contribution in [0.1, 0.15) is 17.4 Å². The van der Waals surface area contributed by atoms with Crippen molar-refractivity contribution in [3.05, 3.63) is 36.2 Å². The lowest BCUT2D eigenvalue weighted by molar-refractivity contribution is 0.0513. The molecule has 2 N–H and O–H groups in total. The van der Waals surface area contributed by atoms with Gasteiger partial charge in [-0.1, -0.05) is 6.07 Å². The fourth-order valence-corrected chi connectivity index (χ4v) is 3.67. The number of carbonyl (C=O) groups is 1. The zero-order valence-electron chi connectivity index (χ0n) is 15.3. The van der Waals surface area contributed by atoms with Crippen molar-refractivity contribution in [2.45, 2.75) is 13.5 Å². The molecule has 4 aromatic heterocycles. The second kappa shape index (κ2) is 8.51. The van der Waals surface area contributed by atoms with Crippen molar-refractivity contribution in [2.24, 2.45) is 0 Å². The van der Waals surface area contributed by atoms with Gasteiger partial charge in [0.05, 0.1) is 27.8 Å². The monoisotopic (exact) mass is 525 g/mol. The quantitative estimate of drug-likeness (QED) is 0.168. The number of rotatable bonds is 7. The summed E-state index contributed by atoms with van der Waals surface area (Å²) in [4.78, 5) is 25.9. The maximum atomic E-state index is 12.5. The van der Waals surface area contributed by atoms with E-state index in [0.717, 1.165) is 0 Å². The zero-order valence-corrected chi connectivity index (χ0v) is 18.3. The van der Waals surface area contributed by atoms with Crippen molar-refractivity contribution in [3.8, 4) is 11.5 Å². The molecule has 0 radical (unpaired) electrons. The number of hydrogen-bond donors (Lipinski definition) is 1. The molecule has 0 spiro atoms. The SMILES string of the molecule is CCOC(=O)c1cc2c(nc(N)n3nc(-c4ccccn4)nc23)n1CCOSI. The van der Waals surface area contributed by atoms with Crippen LogP contribution in [-0.4, -0.2) is 48.3 Å². The minimum atomic E-state index is -0.450. The van der Waals surface area contributed by atoms with Gasteiger partial charge in [0.2, 0.25) is 11.8 Å². The molecule has 150 valence electrons. The molecule has 0 atom stereocenters. The number of nitrogens with zero attached hydrogens (tertiary/aromatic N) is 6. The van der Waals surface area contributed by atoms with Crippen LogP contribution in [0.25, 0.3) is 28.2 Å². The third kappa shape index (κ3) is 3.74. The van der Waals surface area contributed by atoms with Gasteiger partial charge < -0.3 is 19.2 Å². The Bertz CT molecular complexity index is 1180. The highest BCUT2D eigenvalue weighted by Gasteiger charge is 2.22. The van der Waals surface area contributed by atoms with Gasteiger partial charge in [0.15, 0.2) is 5.65 Å². The molecule has 0 aromatic carbocycles. The van der Waals surface area contributed by atoms with Gasteiger partial charge in [-0.3, -0.25) is 4.98 Å². The Morgan fingerprint density at radius 1 is 1.31 bits per heavy atom. The van der Waals surface area contributed by atoms with Crippen LogP contribution in [0, 0.1) is 0 Å². The summed E-state index contributed by atoms with van der Waals surface area (Å²) in [5.41, 5.74) is 8.11. The van der Waals surface area contributed by atoms with E-state index in [1.54, 1.807) is 23.8 Å². The molecule has 0 unspecified atom stereocenters. The minimum Gasteiger partial charge on any atom is -0.461 e. The predicted octanol–water partition coefficient (Wildman–Crippen LogP) is 2.91. The number of nitrogen functional groups attached to an aromatic ring is 1. The summed E-state index contributed by atoms with van der Waals surface area (Å²) >= 11 is 2.04. The zero-order chi connectivity index (χ0) is 20.4. The lowest BCUT2D eigenvalue weighted by Crippen LogP contribution is -2.15. The van der Waals surface area contributed by atoms with Crippen molar-refractivity contribution < 1.29 is 13.7 Å². The van der Waals surface area contributed by atoms with Gasteiger partial charge in [-0.15, -0.1) is 5.10 Å². The van der Waals surface area contributed by atoms with Crippen LogP contribution in [0.4, 0.5) is 5.95 Å². The molecule has 29 heavy (non-hydrogen) atoms. The molecule has 0 aliphatic rings. The molecule has 10 nitrogen and oxygen atoms in total. The summed E-state index contributed by atoms with van der Waals surface area (Å²) in [5.74, 6) is 0.122. The number of ether oxygens (including phenoxy) is 1. The Balaban J connectivity index is 1.92. The normalized spacial score (nSPS) is 11.4. The highest BCUT2D eigenvalue weighted by molar-refractivity contribution is 14.2. The molecule has 4 aromatic rings. The van der Waals surface area contributed by atoms with E-state index in [4.69, 9.17) is 14.7 Å². The number of carbonyl (C=O) groups excluding carboxylic acids is 1. The van der Waals surface area contributed by atoms with Crippen molar-refractivity contribution >= 4 is 59.0 Å². The summed E-state index contributed by atoms with van der Waals surface area (Å²) in [5, 5.41) is 5.07. The Labute approximate surface area is 181 Å². The molecule has 0 saturated carbocycles. The third-order valence-corrected chi connectivity index (χ3v) is 5.19. The van der Waals surface area contributed by atoms with E-state index in [0.29, 0.717) is 47.0 Å². The Morgan fingerprint density at radius 3 is 2.90 bits per heavy atom. The molecule has 4 heterocycles. The largest absolute Gasteiger partial charge is 0.461 e. The number of hydrogen-bond acceptors (Lipinski definition) is 9. The van der Waals surface area contributed by atoms with Gasteiger partial charge in [0.25, 0.3) is 0 Å². The molecule has 0 aliphatic carbocycles. The molecular weight excluding hydrogens is 509 g/mol. The highest BCUT2D eigenvalue weighted by Crippen LogP contribution is 2.26. The Hall–Kier alpha value is -2.45. The average molecular weight is 525 g/mol. The minimum absolute atomic E-state index is 0.154. The smallest absolute Gasteiger partial charge is 0.355 e. The first kappa shape index (κ1) is 19.8. The van der Waals surface area contributed by atoms with Crippen molar-refractivity contribution in [3.63, 3.8) is 0 Å². The van der Waals surface area contributed by atoms with E-state index >= 15 is 0 Å². The standard InChI is InChI=1S/C17H16IN7O3S/c1-2-27-16(26)12-9-10-14(24(12)7-8-28-29-18)22-17(19)25-15(10)21-13(23-25)11-5-3-4-6-20-11/h3-6,9H,2,7-8H2,1H3,(H2,19,22). The van der Waals surface area contributed by atoms with E-state index < -0.39 is 5.97 Å². The fraction of sp³-hybridized carbons (Fsp3) is 0.235. The van der Waals surface area contributed by atoms with E-state index in [9.17, 15) is 4.79 Å². The molecule has 0 saturated heterocycles. The average Bonchev–Trinajstić information content (AvgIpc) is 3.32. The Kier molecular flexibility index (Phi) is 5.82. The number of anilines is 1. The second-order valence-corrected chi connectivity index (χ2v) is 7.32. The maximum absolute atomic E-state index is 12.5. The van der Waals surface area contributed by atoms with E-state index in [2.05, 4.69) is 20.1 Å². The van der Waals surface area contributed by atoms with Gasteiger partial charge >= 0.3 is 5.97 Å². The molecule has 12 heteroatoms. The summed E-state index contributed by atoms with van der Waals surface area (Å²) in [6.45, 7) is 2.80. The van der Waals surface area contributed by atoms with Crippen LogP contribution in [0.5, 0.6) is 0 Å². The fourth-order valence-electron chi connectivity index (χ4n) is 2.99. The van der Waals surface area contributed by atoms with Gasteiger partial charge in [-0.05, 0) is 25.1 Å². The molecule has 0 fully saturated rings. The number of esters is 1. The first-order valence-corrected chi connectivity index (χ1v) is 12.0. The highest BCUT2D eigenvalue weighted by atomic mass is 127. The number of aromatic nitrogens is 6. The van der Waals surface area contributed by atoms with Gasteiger partial charge in [0, 0.05) is 33.9 Å². The van der Waals surface area contributed by atoms with Crippen molar-refractivity contribution in [1.82, 2.24) is 29.1 Å².